The van der Waals surface area contributed by atoms with Crippen LogP contribution in [0.15, 0.2) is 30.3 Å². The molecule has 18 heavy (non-hydrogen) atoms. The van der Waals surface area contributed by atoms with E-state index in [4.69, 9.17) is 14.6 Å². The highest BCUT2D eigenvalue weighted by atomic mass is 16.7. The molecule has 1 aromatic carbocycles. The Balaban J connectivity index is 1.86. The van der Waals surface area contributed by atoms with Crippen molar-refractivity contribution in [1.29, 1.82) is 0 Å². The molecule has 4 nitrogen and oxygen atoms in total. The molecule has 1 saturated heterocycles. The number of hydrogen-bond donors (Lipinski definition) is 1. The van der Waals surface area contributed by atoms with Crippen LogP contribution in [0.5, 0.6) is 0 Å². The summed E-state index contributed by atoms with van der Waals surface area (Å²) in [7, 11) is 0. The minimum atomic E-state index is 0.177. The van der Waals surface area contributed by atoms with Crippen LogP contribution in [0, 0.1) is 0 Å². The zero-order chi connectivity index (χ0) is 12.6. The van der Waals surface area contributed by atoms with Gasteiger partial charge in [-0.05, 0) is 12.0 Å². The fourth-order valence-corrected chi connectivity index (χ4v) is 2.15. The summed E-state index contributed by atoms with van der Waals surface area (Å²) in [5.41, 5.74) is 1.26. The summed E-state index contributed by atoms with van der Waals surface area (Å²) in [6, 6.07) is 10.3. The summed E-state index contributed by atoms with van der Waals surface area (Å²) in [5, 5.41) is 9.14. The Kier molecular flexibility index (Phi) is 5.61. The minimum Gasteiger partial charge on any atom is -0.395 e. The number of ether oxygens (including phenoxy) is 2. The van der Waals surface area contributed by atoms with Crippen molar-refractivity contribution < 1.29 is 14.6 Å². The third kappa shape index (κ3) is 4.38. The van der Waals surface area contributed by atoms with Crippen LogP contribution in [0.25, 0.3) is 0 Å². The number of aliphatic hydroxyl groups excluding tert-OH is 1. The van der Waals surface area contributed by atoms with E-state index in [1.165, 1.54) is 5.56 Å². The molecule has 1 aromatic rings. The molecule has 0 amide bonds. The van der Waals surface area contributed by atoms with E-state index in [-0.39, 0.29) is 12.7 Å². The lowest BCUT2D eigenvalue weighted by atomic mass is 10.2. The number of rotatable bonds is 6. The third-order valence-electron chi connectivity index (χ3n) is 3.10. The first-order chi connectivity index (χ1) is 8.88. The quantitative estimate of drug-likeness (QED) is 0.826. The maximum Gasteiger partial charge on any atom is 0.147 e. The van der Waals surface area contributed by atoms with Gasteiger partial charge >= 0.3 is 0 Å². The van der Waals surface area contributed by atoms with Gasteiger partial charge in [0.25, 0.3) is 0 Å². The predicted molar refractivity (Wildman–Crippen MR) is 69.1 cm³/mol. The fourth-order valence-electron chi connectivity index (χ4n) is 2.15. The van der Waals surface area contributed by atoms with Gasteiger partial charge in [0.2, 0.25) is 0 Å². The van der Waals surface area contributed by atoms with Crippen LogP contribution in [0.1, 0.15) is 12.0 Å². The topological polar surface area (TPSA) is 41.9 Å². The van der Waals surface area contributed by atoms with E-state index in [0.717, 1.165) is 26.1 Å². The van der Waals surface area contributed by atoms with Crippen molar-refractivity contribution >= 4 is 0 Å². The normalized spacial score (nSPS) is 20.2. The molecular formula is C14H21NO3. The van der Waals surface area contributed by atoms with E-state index in [1.807, 2.05) is 18.2 Å². The molecule has 0 aliphatic carbocycles. The minimum absolute atomic E-state index is 0.177. The second-order valence-electron chi connectivity index (χ2n) is 4.55. The van der Waals surface area contributed by atoms with Gasteiger partial charge in [0.1, 0.15) is 6.79 Å². The lowest BCUT2D eigenvalue weighted by Crippen LogP contribution is -2.38. The van der Waals surface area contributed by atoms with Crippen molar-refractivity contribution in [2.24, 2.45) is 0 Å². The first kappa shape index (κ1) is 13.5. The van der Waals surface area contributed by atoms with Crippen molar-refractivity contribution in [3.8, 4) is 0 Å². The summed E-state index contributed by atoms with van der Waals surface area (Å²) >= 11 is 0. The number of nitrogens with zero attached hydrogens (tertiary/aromatic N) is 1. The number of aliphatic hydroxyl groups is 1. The second kappa shape index (κ2) is 7.48. The van der Waals surface area contributed by atoms with E-state index in [0.29, 0.717) is 13.3 Å². The molecule has 1 aliphatic rings. The Morgan fingerprint density at radius 3 is 2.78 bits per heavy atom. The summed E-state index contributed by atoms with van der Waals surface area (Å²) < 4.78 is 10.7. The highest BCUT2D eigenvalue weighted by Gasteiger charge is 2.18. The van der Waals surface area contributed by atoms with E-state index < -0.39 is 0 Å². The van der Waals surface area contributed by atoms with Gasteiger partial charge in [0, 0.05) is 19.6 Å². The largest absolute Gasteiger partial charge is 0.395 e. The molecule has 1 N–H and O–H groups in total. The van der Waals surface area contributed by atoms with Crippen LogP contribution in [0.2, 0.25) is 0 Å². The van der Waals surface area contributed by atoms with Crippen molar-refractivity contribution in [2.75, 3.05) is 33.1 Å². The maximum atomic E-state index is 9.14. The molecule has 0 aromatic heterocycles. The molecule has 0 bridgehead atoms. The SMILES string of the molecule is OCCN(Cc1ccccc1)CC1CCOCO1. The van der Waals surface area contributed by atoms with Crippen LogP contribution in [-0.4, -0.2) is 49.2 Å². The van der Waals surface area contributed by atoms with Crippen molar-refractivity contribution in [2.45, 2.75) is 19.1 Å². The van der Waals surface area contributed by atoms with Gasteiger partial charge in [0.05, 0.1) is 19.3 Å². The monoisotopic (exact) mass is 251 g/mol. The molecule has 0 radical (unpaired) electrons. The fraction of sp³-hybridized carbons (Fsp3) is 0.571. The van der Waals surface area contributed by atoms with E-state index in [9.17, 15) is 0 Å². The lowest BCUT2D eigenvalue weighted by Gasteiger charge is -2.29. The standard InChI is InChI=1S/C14H21NO3/c16-8-7-15(10-13-4-2-1-3-5-13)11-14-6-9-17-12-18-14/h1-5,14,16H,6-12H2. The highest BCUT2D eigenvalue weighted by molar-refractivity contribution is 5.14. The van der Waals surface area contributed by atoms with Crippen molar-refractivity contribution in [1.82, 2.24) is 4.90 Å². The van der Waals surface area contributed by atoms with E-state index in [1.54, 1.807) is 0 Å². The Bertz CT molecular complexity index is 325. The molecule has 1 heterocycles. The molecule has 2 rings (SSSR count). The summed E-state index contributed by atoms with van der Waals surface area (Å²) in [5.74, 6) is 0. The predicted octanol–water partition coefficient (Wildman–Crippen LogP) is 1.24. The Morgan fingerprint density at radius 1 is 1.28 bits per heavy atom. The molecule has 4 heteroatoms. The molecular weight excluding hydrogens is 230 g/mol. The Labute approximate surface area is 108 Å². The zero-order valence-electron chi connectivity index (χ0n) is 10.6. The Hall–Kier alpha value is -0.940. The lowest BCUT2D eigenvalue weighted by molar-refractivity contribution is -0.145. The molecule has 1 unspecified atom stereocenters. The van der Waals surface area contributed by atoms with Gasteiger partial charge in [-0.2, -0.15) is 0 Å². The smallest absolute Gasteiger partial charge is 0.147 e. The molecule has 0 spiro atoms. The molecule has 1 aliphatic heterocycles. The maximum absolute atomic E-state index is 9.14. The van der Waals surface area contributed by atoms with Crippen LogP contribution >= 0.6 is 0 Å². The van der Waals surface area contributed by atoms with Gasteiger partial charge in [-0.1, -0.05) is 30.3 Å². The summed E-state index contributed by atoms with van der Waals surface area (Å²) in [4.78, 5) is 2.23. The average molecular weight is 251 g/mol. The van der Waals surface area contributed by atoms with Crippen LogP contribution < -0.4 is 0 Å². The van der Waals surface area contributed by atoms with Crippen LogP contribution in [0.4, 0.5) is 0 Å². The van der Waals surface area contributed by atoms with Gasteiger partial charge < -0.3 is 14.6 Å². The number of benzene rings is 1. The second-order valence-corrected chi connectivity index (χ2v) is 4.55. The van der Waals surface area contributed by atoms with Crippen molar-refractivity contribution in [3.63, 3.8) is 0 Å². The Morgan fingerprint density at radius 2 is 2.11 bits per heavy atom. The van der Waals surface area contributed by atoms with Crippen LogP contribution in [0.3, 0.4) is 0 Å². The van der Waals surface area contributed by atoms with E-state index >= 15 is 0 Å². The summed E-state index contributed by atoms with van der Waals surface area (Å²) in [6.45, 7) is 3.71. The molecule has 0 saturated carbocycles. The molecule has 1 atom stereocenters. The highest BCUT2D eigenvalue weighted by Crippen LogP contribution is 2.11. The van der Waals surface area contributed by atoms with Crippen LogP contribution in [-0.2, 0) is 16.0 Å². The third-order valence-corrected chi connectivity index (χ3v) is 3.10. The van der Waals surface area contributed by atoms with Gasteiger partial charge in [-0.25, -0.2) is 0 Å². The molecule has 1 fully saturated rings. The number of hydrogen-bond acceptors (Lipinski definition) is 4. The van der Waals surface area contributed by atoms with E-state index in [2.05, 4.69) is 17.0 Å². The summed E-state index contributed by atoms with van der Waals surface area (Å²) in [6.07, 6.45) is 1.14. The molecule has 100 valence electrons. The van der Waals surface area contributed by atoms with Crippen molar-refractivity contribution in [3.05, 3.63) is 35.9 Å². The van der Waals surface area contributed by atoms with Gasteiger partial charge in [0.15, 0.2) is 0 Å². The first-order valence-electron chi connectivity index (χ1n) is 6.45. The first-order valence-corrected chi connectivity index (χ1v) is 6.45. The average Bonchev–Trinajstić information content (AvgIpc) is 2.41. The zero-order valence-corrected chi connectivity index (χ0v) is 10.6. The van der Waals surface area contributed by atoms with Gasteiger partial charge in [-0.3, -0.25) is 4.90 Å². The van der Waals surface area contributed by atoms with Gasteiger partial charge in [-0.15, -0.1) is 0 Å².